The lowest BCUT2D eigenvalue weighted by Crippen LogP contribution is -2.34. The first-order valence-corrected chi connectivity index (χ1v) is 8.70. The highest BCUT2D eigenvalue weighted by Gasteiger charge is 2.33. The Hall–Kier alpha value is -1.68. The van der Waals surface area contributed by atoms with Crippen LogP contribution in [-0.2, 0) is 0 Å². The lowest BCUT2D eigenvalue weighted by molar-refractivity contribution is 0.130. The summed E-state index contributed by atoms with van der Waals surface area (Å²) in [7, 11) is 0. The summed E-state index contributed by atoms with van der Waals surface area (Å²) in [4.78, 5) is 2.57. The first kappa shape index (κ1) is 16.2. The van der Waals surface area contributed by atoms with Crippen molar-refractivity contribution in [2.24, 2.45) is 11.8 Å². The van der Waals surface area contributed by atoms with Crippen LogP contribution in [0.4, 0.5) is 0 Å². The average Bonchev–Trinajstić information content (AvgIpc) is 2.97. The molecule has 3 rings (SSSR count). The molecule has 23 heavy (non-hydrogen) atoms. The SMILES string of the molecule is C=CCC[C@@H](CN1C[C@H]2CC=CC[C@H]2C1)Oc1ccc(C)nn1. The van der Waals surface area contributed by atoms with Gasteiger partial charge in [-0.25, -0.2) is 0 Å². The number of hydrogen-bond acceptors (Lipinski definition) is 4. The molecular weight excluding hydrogens is 286 g/mol. The van der Waals surface area contributed by atoms with E-state index in [9.17, 15) is 0 Å². The van der Waals surface area contributed by atoms with Crippen LogP contribution in [0, 0.1) is 18.8 Å². The molecule has 1 saturated heterocycles. The van der Waals surface area contributed by atoms with Crippen molar-refractivity contribution in [3.05, 3.63) is 42.6 Å². The van der Waals surface area contributed by atoms with Crippen LogP contribution in [0.1, 0.15) is 31.4 Å². The largest absolute Gasteiger partial charge is 0.472 e. The molecule has 0 radical (unpaired) electrons. The summed E-state index contributed by atoms with van der Waals surface area (Å²) in [6, 6.07) is 3.86. The van der Waals surface area contributed by atoms with E-state index in [1.54, 1.807) is 0 Å². The Labute approximate surface area is 139 Å². The fraction of sp³-hybridized carbons (Fsp3) is 0.579. The number of nitrogens with zero attached hydrogens (tertiary/aromatic N) is 3. The number of rotatable bonds is 7. The second-order valence-electron chi connectivity index (χ2n) is 6.80. The lowest BCUT2D eigenvalue weighted by Gasteiger charge is -2.24. The van der Waals surface area contributed by atoms with Gasteiger partial charge in [-0.3, -0.25) is 4.90 Å². The summed E-state index contributed by atoms with van der Waals surface area (Å²) < 4.78 is 6.11. The molecular formula is C19H27N3O. The molecule has 0 amide bonds. The third kappa shape index (κ3) is 4.41. The molecule has 0 saturated carbocycles. The summed E-state index contributed by atoms with van der Waals surface area (Å²) >= 11 is 0. The van der Waals surface area contributed by atoms with Crippen molar-refractivity contribution < 1.29 is 4.74 Å². The average molecular weight is 313 g/mol. The zero-order valence-electron chi connectivity index (χ0n) is 14.0. The molecule has 1 aliphatic carbocycles. The smallest absolute Gasteiger partial charge is 0.233 e. The number of allylic oxidation sites excluding steroid dienone is 3. The maximum Gasteiger partial charge on any atom is 0.233 e. The third-order valence-corrected chi connectivity index (χ3v) is 4.91. The molecule has 1 aliphatic heterocycles. The fourth-order valence-electron chi connectivity index (χ4n) is 3.66. The van der Waals surface area contributed by atoms with Crippen LogP contribution in [0.15, 0.2) is 36.9 Å². The molecule has 3 atom stereocenters. The van der Waals surface area contributed by atoms with E-state index in [0.717, 1.165) is 36.9 Å². The van der Waals surface area contributed by atoms with Crippen molar-refractivity contribution in [3.8, 4) is 5.88 Å². The third-order valence-electron chi connectivity index (χ3n) is 4.91. The van der Waals surface area contributed by atoms with Crippen molar-refractivity contribution in [1.82, 2.24) is 15.1 Å². The summed E-state index contributed by atoms with van der Waals surface area (Å²) in [5, 5.41) is 8.23. The van der Waals surface area contributed by atoms with Crippen molar-refractivity contribution in [2.45, 2.75) is 38.7 Å². The van der Waals surface area contributed by atoms with Gasteiger partial charge < -0.3 is 4.74 Å². The highest BCUT2D eigenvalue weighted by atomic mass is 16.5. The molecule has 0 spiro atoms. The van der Waals surface area contributed by atoms with Gasteiger partial charge in [-0.2, -0.15) is 5.10 Å². The van der Waals surface area contributed by atoms with Crippen LogP contribution in [-0.4, -0.2) is 40.8 Å². The van der Waals surface area contributed by atoms with Crippen molar-refractivity contribution in [2.75, 3.05) is 19.6 Å². The van der Waals surface area contributed by atoms with E-state index in [2.05, 4.69) is 33.8 Å². The van der Waals surface area contributed by atoms with Gasteiger partial charge in [0.1, 0.15) is 6.10 Å². The highest BCUT2D eigenvalue weighted by Crippen LogP contribution is 2.33. The quantitative estimate of drug-likeness (QED) is 0.723. The molecule has 1 aromatic heterocycles. The van der Waals surface area contributed by atoms with Gasteiger partial charge in [0.2, 0.25) is 5.88 Å². The van der Waals surface area contributed by atoms with E-state index in [4.69, 9.17) is 4.74 Å². The molecule has 4 heteroatoms. The summed E-state index contributed by atoms with van der Waals surface area (Å²) in [6.45, 7) is 9.14. The first-order chi connectivity index (χ1) is 11.2. The zero-order chi connectivity index (χ0) is 16.1. The van der Waals surface area contributed by atoms with Crippen LogP contribution in [0.2, 0.25) is 0 Å². The molecule has 2 aliphatic rings. The predicted octanol–water partition coefficient (Wildman–Crippen LogP) is 3.40. The monoisotopic (exact) mass is 313 g/mol. The van der Waals surface area contributed by atoms with Crippen LogP contribution >= 0.6 is 0 Å². The van der Waals surface area contributed by atoms with E-state index >= 15 is 0 Å². The second kappa shape index (κ2) is 7.73. The number of aryl methyl sites for hydroxylation is 1. The zero-order valence-corrected chi connectivity index (χ0v) is 14.0. The van der Waals surface area contributed by atoms with Crippen LogP contribution < -0.4 is 4.74 Å². The molecule has 1 aromatic rings. The normalized spacial score (nSPS) is 25.1. The maximum absolute atomic E-state index is 6.11. The van der Waals surface area contributed by atoms with E-state index in [1.807, 2.05) is 25.1 Å². The van der Waals surface area contributed by atoms with Gasteiger partial charge >= 0.3 is 0 Å². The number of likely N-dealkylation sites (tertiary alicyclic amines) is 1. The summed E-state index contributed by atoms with van der Waals surface area (Å²) in [5.74, 6) is 2.29. The molecule has 1 fully saturated rings. The first-order valence-electron chi connectivity index (χ1n) is 8.70. The van der Waals surface area contributed by atoms with E-state index in [0.29, 0.717) is 5.88 Å². The minimum atomic E-state index is 0.151. The Morgan fingerprint density at radius 2 is 2.00 bits per heavy atom. The van der Waals surface area contributed by atoms with E-state index in [-0.39, 0.29) is 6.10 Å². The molecule has 124 valence electrons. The molecule has 0 aromatic carbocycles. The van der Waals surface area contributed by atoms with Gasteiger partial charge in [0.25, 0.3) is 0 Å². The van der Waals surface area contributed by atoms with E-state index in [1.165, 1.54) is 25.9 Å². The summed E-state index contributed by atoms with van der Waals surface area (Å²) in [6.07, 6.45) is 11.2. The molecule has 0 bridgehead atoms. The van der Waals surface area contributed by atoms with Gasteiger partial charge in [0, 0.05) is 25.7 Å². The van der Waals surface area contributed by atoms with E-state index < -0.39 is 0 Å². The minimum Gasteiger partial charge on any atom is -0.472 e. The Bertz CT molecular complexity index is 524. The number of ether oxygens (including phenoxy) is 1. The predicted molar refractivity (Wildman–Crippen MR) is 92.4 cm³/mol. The lowest BCUT2D eigenvalue weighted by atomic mass is 9.86. The van der Waals surface area contributed by atoms with Gasteiger partial charge in [-0.1, -0.05) is 18.2 Å². The molecule has 0 unspecified atom stereocenters. The van der Waals surface area contributed by atoms with Gasteiger partial charge in [0.15, 0.2) is 0 Å². The topological polar surface area (TPSA) is 38.2 Å². The van der Waals surface area contributed by atoms with Crippen LogP contribution in [0.5, 0.6) is 5.88 Å². The minimum absolute atomic E-state index is 0.151. The number of aromatic nitrogens is 2. The van der Waals surface area contributed by atoms with Crippen LogP contribution in [0.3, 0.4) is 0 Å². The van der Waals surface area contributed by atoms with Crippen molar-refractivity contribution in [1.29, 1.82) is 0 Å². The summed E-state index contributed by atoms with van der Waals surface area (Å²) in [5.41, 5.74) is 0.913. The van der Waals surface area contributed by atoms with Crippen molar-refractivity contribution >= 4 is 0 Å². The second-order valence-corrected chi connectivity index (χ2v) is 6.80. The van der Waals surface area contributed by atoms with Crippen LogP contribution in [0.25, 0.3) is 0 Å². The Morgan fingerprint density at radius 1 is 1.26 bits per heavy atom. The molecule has 4 nitrogen and oxygen atoms in total. The Kier molecular flexibility index (Phi) is 5.44. The van der Waals surface area contributed by atoms with Gasteiger partial charge in [-0.15, -0.1) is 11.7 Å². The molecule has 0 N–H and O–H groups in total. The maximum atomic E-state index is 6.11. The van der Waals surface area contributed by atoms with Crippen molar-refractivity contribution in [3.63, 3.8) is 0 Å². The number of hydrogen-bond donors (Lipinski definition) is 0. The Morgan fingerprint density at radius 3 is 2.61 bits per heavy atom. The fourth-order valence-corrected chi connectivity index (χ4v) is 3.66. The molecule has 2 heterocycles. The van der Waals surface area contributed by atoms with Gasteiger partial charge in [-0.05, 0) is 50.5 Å². The van der Waals surface area contributed by atoms with Gasteiger partial charge in [0.05, 0.1) is 5.69 Å². The highest BCUT2D eigenvalue weighted by molar-refractivity contribution is 5.11. The standard InChI is InChI=1S/C19H27N3O/c1-3-4-9-18(23-19-11-10-15(2)20-21-19)14-22-12-16-7-5-6-8-17(16)13-22/h3,5-6,10-11,16-18H,1,4,7-9,12-14H2,2H3/t16-,17+,18-/m0/s1. The Balaban J connectivity index is 1.58. The number of fused-ring (bicyclic) bond motifs is 1.